The molecular weight excluding hydrogens is 1330 g/mol. The summed E-state index contributed by atoms with van der Waals surface area (Å²) in [5, 5.41) is 45.1. The lowest BCUT2D eigenvalue weighted by atomic mass is 9.85. The van der Waals surface area contributed by atoms with Gasteiger partial charge in [-0.3, -0.25) is 29.8 Å². The number of nitrogens with zero attached hydrogens (tertiary/aromatic N) is 5. The van der Waals surface area contributed by atoms with E-state index in [-0.39, 0.29) is 50.4 Å². The molecular formula is C75H100N12O12S2. The molecule has 24 nitrogen and oxygen atoms in total. The highest BCUT2D eigenvalue weighted by Crippen LogP contribution is 2.25. The number of rotatable bonds is 31. The van der Waals surface area contributed by atoms with Crippen molar-refractivity contribution in [3.63, 3.8) is 0 Å². The maximum Gasteiger partial charge on any atom is 0.407 e. The van der Waals surface area contributed by atoms with Crippen LogP contribution in [0.1, 0.15) is 119 Å². The number of benzene rings is 4. The lowest BCUT2D eigenvalue weighted by molar-refractivity contribution is -0.132. The predicted molar refractivity (Wildman–Crippen MR) is 391 cm³/mol. The fourth-order valence-corrected chi connectivity index (χ4v) is 12.1. The number of thiazole rings is 2. The van der Waals surface area contributed by atoms with Crippen LogP contribution in [0.15, 0.2) is 157 Å². The molecule has 26 heteroatoms. The number of hydrogen-bond acceptors (Lipinski definition) is 18. The molecule has 0 radical (unpaired) electrons. The number of aliphatic hydroxyl groups is 2. The van der Waals surface area contributed by atoms with Crippen molar-refractivity contribution in [2.45, 2.75) is 169 Å². The number of nitrogens with one attached hydrogen (secondary N) is 7. The second-order valence-corrected chi connectivity index (χ2v) is 29.4. The first-order valence-electron chi connectivity index (χ1n) is 33.6. The van der Waals surface area contributed by atoms with Gasteiger partial charge in [-0.1, -0.05) is 191 Å². The average Bonchev–Trinajstić information content (AvgIpc) is 1.78. The van der Waals surface area contributed by atoms with Gasteiger partial charge in [0.2, 0.25) is 11.8 Å². The summed E-state index contributed by atoms with van der Waals surface area (Å²) in [4.78, 5) is 107. The molecule has 0 unspecified atom stereocenters. The molecule has 0 spiro atoms. The summed E-state index contributed by atoms with van der Waals surface area (Å²) in [6.45, 7) is 19.2. The molecule has 544 valence electrons. The summed E-state index contributed by atoms with van der Waals surface area (Å²) >= 11 is 2.95. The Morgan fingerprint density at radius 2 is 1.12 bits per heavy atom. The Balaban J connectivity index is 0.000000318. The van der Waals surface area contributed by atoms with E-state index in [2.05, 4.69) is 66.1 Å². The molecule has 0 aliphatic heterocycles. The zero-order chi connectivity index (χ0) is 73.8. The number of aromatic nitrogens is 3. The highest BCUT2D eigenvalue weighted by molar-refractivity contribution is 7.09. The van der Waals surface area contributed by atoms with E-state index in [1.54, 1.807) is 62.1 Å². The minimum atomic E-state index is -1.22. The highest BCUT2D eigenvalue weighted by Gasteiger charge is 2.38. The van der Waals surface area contributed by atoms with Gasteiger partial charge < -0.3 is 61.2 Å². The Bertz CT molecular complexity index is 3670. The van der Waals surface area contributed by atoms with Crippen LogP contribution in [0.4, 0.5) is 19.2 Å². The second-order valence-electron chi connectivity index (χ2n) is 27.6. The maximum atomic E-state index is 13.9. The monoisotopic (exact) mass is 1420 g/mol. The molecule has 3 heterocycles. The highest BCUT2D eigenvalue weighted by atomic mass is 32.1. The van der Waals surface area contributed by atoms with Crippen LogP contribution in [0.5, 0.6) is 0 Å². The van der Waals surface area contributed by atoms with Gasteiger partial charge in [0.05, 0.1) is 71.8 Å². The van der Waals surface area contributed by atoms with Crippen molar-refractivity contribution in [2.75, 3.05) is 27.8 Å². The number of amides is 8. The largest absolute Gasteiger partial charge is 0.453 e. The number of pyridine rings is 1. The molecule has 7 aromatic rings. The van der Waals surface area contributed by atoms with E-state index in [9.17, 15) is 43.8 Å². The standard InChI is InChI=1S/C38H52N6O7.C37H48N6O5S2/c1-37(2,3)31(41-35(48)50-7)33(46)40-29(22-25-14-10-9-11-15-25)30(45)24-44(43-34(47)32(38(4,5)6)42-36(49)51-8)23-26-17-19-27(20-18-26)28-16-12-13-21-39-28;1-24(2)33(42-36(46)43(5)20-29-22-49-35(40-29)25(3)4)34(45)39-28(16-26-12-8-6-9-13-26)18-32(44)31(17-27-14-10-7-11-15-27)41-37(47)48-21-30-19-38-23-50-30/h9-21,29-32,45H,22-24H2,1-8H3,(H,40,46)(H,41,48)(H,42,49)(H,43,47);6-15,19,22-25,28,31-33,44H,16-18,20-21H2,1-5H3,(H,39,45)(H,41,47)(H,42,46)/t29-,30-,31+,32+;28-,31-,32-,33-/m00/s1. The summed E-state index contributed by atoms with van der Waals surface area (Å²) in [6.07, 6.45) is 0.0578. The van der Waals surface area contributed by atoms with Crippen molar-refractivity contribution in [3.05, 3.63) is 195 Å². The molecule has 0 saturated heterocycles. The van der Waals surface area contributed by atoms with Crippen LogP contribution >= 0.6 is 22.7 Å². The van der Waals surface area contributed by atoms with Crippen molar-refractivity contribution < 1.29 is 58.0 Å². The normalized spacial score (nSPS) is 13.8. The summed E-state index contributed by atoms with van der Waals surface area (Å²) < 4.78 is 15.0. The van der Waals surface area contributed by atoms with Gasteiger partial charge in [0, 0.05) is 55.4 Å². The lowest BCUT2D eigenvalue weighted by Crippen LogP contribution is -2.60. The smallest absolute Gasteiger partial charge is 0.407 e. The summed E-state index contributed by atoms with van der Waals surface area (Å²) in [7, 11) is 4.11. The first kappa shape index (κ1) is 80.6. The number of carbonyl (C=O) groups excluding carboxylic acids is 7. The van der Waals surface area contributed by atoms with E-state index in [1.807, 2.05) is 173 Å². The molecule has 0 fully saturated rings. The van der Waals surface area contributed by atoms with E-state index in [0.717, 1.165) is 49.1 Å². The summed E-state index contributed by atoms with van der Waals surface area (Å²) in [5.41, 5.74) is 9.23. The number of ether oxygens (including phenoxy) is 3. The molecule has 0 bridgehead atoms. The fraction of sp³-hybridized carbons (Fsp3) is 0.440. The van der Waals surface area contributed by atoms with Crippen molar-refractivity contribution in [1.29, 1.82) is 0 Å². The van der Waals surface area contributed by atoms with Crippen molar-refractivity contribution >= 4 is 64.7 Å². The van der Waals surface area contributed by atoms with Crippen molar-refractivity contribution in [1.82, 2.24) is 62.2 Å². The van der Waals surface area contributed by atoms with E-state index in [4.69, 9.17) is 14.2 Å². The lowest BCUT2D eigenvalue weighted by Gasteiger charge is -2.35. The van der Waals surface area contributed by atoms with Gasteiger partial charge in [-0.15, -0.1) is 22.7 Å². The zero-order valence-electron chi connectivity index (χ0n) is 60.0. The molecule has 9 N–H and O–H groups in total. The van der Waals surface area contributed by atoms with E-state index < -0.39 is 89.4 Å². The Morgan fingerprint density at radius 1 is 0.574 bits per heavy atom. The number of alkyl carbamates (subject to hydrolysis) is 3. The first-order valence-corrected chi connectivity index (χ1v) is 35.4. The molecule has 7 rings (SSSR count). The maximum absolute atomic E-state index is 13.9. The third kappa shape index (κ3) is 27.3. The van der Waals surface area contributed by atoms with Crippen LogP contribution in [-0.2, 0) is 67.6 Å². The van der Waals surface area contributed by atoms with Crippen LogP contribution in [0.2, 0.25) is 0 Å². The van der Waals surface area contributed by atoms with Gasteiger partial charge >= 0.3 is 24.3 Å². The van der Waals surface area contributed by atoms with Crippen LogP contribution < -0.4 is 37.3 Å². The van der Waals surface area contributed by atoms with Crippen molar-refractivity contribution in [3.8, 4) is 11.3 Å². The fourth-order valence-electron chi connectivity index (χ4n) is 10.8. The number of carbonyl (C=O) groups is 7. The van der Waals surface area contributed by atoms with Gasteiger partial charge in [-0.25, -0.2) is 29.2 Å². The zero-order valence-corrected chi connectivity index (χ0v) is 61.6. The molecule has 0 aliphatic carbocycles. The minimum absolute atomic E-state index is 0.0671. The Hall–Kier alpha value is -9.34. The summed E-state index contributed by atoms with van der Waals surface area (Å²) in [5.74, 6) is -1.31. The van der Waals surface area contributed by atoms with Gasteiger partial charge in [0.1, 0.15) is 24.7 Å². The quantitative estimate of drug-likeness (QED) is 0.0144. The van der Waals surface area contributed by atoms with E-state index in [0.29, 0.717) is 25.3 Å². The Morgan fingerprint density at radius 3 is 1.61 bits per heavy atom. The SMILES string of the molecule is CC(C)c1nc(CN(C)C(=O)N[C@H](C(=O)N[C@@H](Cc2ccccc2)C[C@H](O)[C@H](Cc2ccccc2)NC(=O)OCc2cncs2)C(C)C)cs1.COC(=O)N[C@H](C(=O)N[C@@H](Cc1ccccc1)[C@@H](O)CN(Cc1ccc(-c2ccccn2)cc1)NC(=O)[C@@H](NC(=O)OC)C(C)(C)C)C(C)(C)C. The van der Waals surface area contributed by atoms with Crippen molar-refractivity contribution in [2.24, 2.45) is 16.7 Å². The molecule has 8 amide bonds. The number of hydrazine groups is 1. The van der Waals surface area contributed by atoms with Crippen LogP contribution in [-0.4, -0.2) is 153 Å². The molecule has 3 aromatic heterocycles. The number of hydrogen-bond donors (Lipinski definition) is 9. The van der Waals surface area contributed by atoms with Gasteiger partial charge in [-0.05, 0) is 76.8 Å². The Kier molecular flexibility index (Phi) is 31.6. The number of methoxy groups -OCH3 is 2. The molecule has 0 aliphatic rings. The van der Waals surface area contributed by atoms with E-state index in [1.165, 1.54) is 30.5 Å². The summed E-state index contributed by atoms with van der Waals surface area (Å²) in [6, 6.07) is 36.6. The molecule has 8 atom stereocenters. The number of aliphatic hydroxyl groups excluding tert-OH is 2. The first-order chi connectivity index (χ1) is 48.0. The molecule has 4 aromatic carbocycles. The minimum Gasteiger partial charge on any atom is -0.453 e. The van der Waals surface area contributed by atoms with Gasteiger partial charge in [-0.2, -0.15) is 0 Å². The average molecular weight is 1430 g/mol. The third-order valence-corrected chi connectivity index (χ3v) is 18.3. The molecule has 101 heavy (non-hydrogen) atoms. The predicted octanol–water partition coefficient (Wildman–Crippen LogP) is 10.1. The van der Waals surface area contributed by atoms with E-state index >= 15 is 0 Å². The Labute approximate surface area is 601 Å². The third-order valence-electron chi connectivity index (χ3n) is 16.3. The second kappa shape index (κ2) is 39.6. The topological polar surface area (TPSA) is 317 Å². The van der Waals surface area contributed by atoms with Crippen LogP contribution in [0.25, 0.3) is 11.3 Å². The molecule has 0 saturated carbocycles. The van der Waals surface area contributed by atoms with Crippen LogP contribution in [0.3, 0.4) is 0 Å². The van der Waals surface area contributed by atoms with Gasteiger partial charge in [0.25, 0.3) is 5.91 Å². The van der Waals surface area contributed by atoms with Gasteiger partial charge in [0.15, 0.2) is 0 Å². The number of urea groups is 1. The van der Waals surface area contributed by atoms with Crippen LogP contribution in [0, 0.1) is 16.7 Å².